The maximum atomic E-state index is 6.07. The molecule has 0 aromatic carbocycles. The molecule has 0 bridgehead atoms. The van der Waals surface area contributed by atoms with E-state index in [1.165, 1.54) is 38.8 Å². The first-order valence-corrected chi connectivity index (χ1v) is 5.14. The van der Waals surface area contributed by atoms with Crippen LogP contribution in [-0.2, 0) is 0 Å². The second kappa shape index (κ2) is 3.32. The largest absolute Gasteiger partial charge is 0.302 e. The lowest BCUT2D eigenvalue weighted by molar-refractivity contribution is 0.223. The normalized spacial score (nSPS) is 34.1. The summed E-state index contributed by atoms with van der Waals surface area (Å²) in [6, 6.07) is 0. The molecule has 2 rings (SSSR count). The molecule has 0 radical (unpaired) electrons. The van der Waals surface area contributed by atoms with Crippen LogP contribution in [0.4, 0.5) is 0 Å². The van der Waals surface area contributed by atoms with Crippen molar-refractivity contribution >= 4 is 11.6 Å². The van der Waals surface area contributed by atoms with Crippen LogP contribution in [0.3, 0.4) is 0 Å². The van der Waals surface area contributed by atoms with Crippen LogP contribution in [0.1, 0.15) is 25.7 Å². The standard InChI is InChI=1S/C9H16ClN/c10-9-2-1-5-11(7-9)6-8-3-4-8/h8-9H,1-7H2. The highest BCUT2D eigenvalue weighted by Gasteiger charge is 2.26. The molecule has 1 unspecified atom stereocenters. The minimum atomic E-state index is 0.433. The van der Waals surface area contributed by atoms with Crippen molar-refractivity contribution in [3.8, 4) is 0 Å². The molecule has 1 heterocycles. The first kappa shape index (κ1) is 7.88. The van der Waals surface area contributed by atoms with E-state index in [2.05, 4.69) is 4.90 Å². The summed E-state index contributed by atoms with van der Waals surface area (Å²) in [6.07, 6.45) is 5.45. The van der Waals surface area contributed by atoms with Gasteiger partial charge in [0, 0.05) is 18.5 Å². The molecule has 1 saturated heterocycles. The van der Waals surface area contributed by atoms with Crippen molar-refractivity contribution in [2.24, 2.45) is 5.92 Å². The Bertz CT molecular complexity index is 132. The highest BCUT2D eigenvalue weighted by Crippen LogP contribution is 2.30. The van der Waals surface area contributed by atoms with Crippen LogP contribution in [0.25, 0.3) is 0 Å². The average Bonchev–Trinajstić information content (AvgIpc) is 2.71. The van der Waals surface area contributed by atoms with Crippen LogP contribution in [0, 0.1) is 5.92 Å². The van der Waals surface area contributed by atoms with Gasteiger partial charge in [0.1, 0.15) is 0 Å². The molecule has 0 spiro atoms. The zero-order chi connectivity index (χ0) is 7.68. The molecule has 0 N–H and O–H groups in total. The van der Waals surface area contributed by atoms with Gasteiger partial charge in [-0.1, -0.05) is 0 Å². The van der Waals surface area contributed by atoms with Crippen molar-refractivity contribution in [2.45, 2.75) is 31.1 Å². The number of piperidine rings is 1. The van der Waals surface area contributed by atoms with Gasteiger partial charge >= 0.3 is 0 Å². The number of hydrogen-bond acceptors (Lipinski definition) is 1. The maximum absolute atomic E-state index is 6.07. The molecule has 0 aromatic rings. The number of likely N-dealkylation sites (tertiary alicyclic amines) is 1. The quantitative estimate of drug-likeness (QED) is 0.579. The van der Waals surface area contributed by atoms with Gasteiger partial charge in [0.25, 0.3) is 0 Å². The molecule has 0 amide bonds. The number of nitrogens with zero attached hydrogens (tertiary/aromatic N) is 1. The van der Waals surface area contributed by atoms with E-state index in [4.69, 9.17) is 11.6 Å². The predicted octanol–water partition coefficient (Wildman–Crippen LogP) is 2.10. The van der Waals surface area contributed by atoms with Gasteiger partial charge in [-0.15, -0.1) is 11.6 Å². The van der Waals surface area contributed by atoms with E-state index in [0.717, 1.165) is 12.5 Å². The van der Waals surface area contributed by atoms with Gasteiger partial charge in [-0.2, -0.15) is 0 Å². The third kappa shape index (κ3) is 2.34. The summed E-state index contributed by atoms with van der Waals surface area (Å²) < 4.78 is 0. The van der Waals surface area contributed by atoms with Gasteiger partial charge in [0.2, 0.25) is 0 Å². The van der Waals surface area contributed by atoms with E-state index in [1.807, 2.05) is 0 Å². The zero-order valence-corrected chi connectivity index (χ0v) is 7.69. The average molecular weight is 174 g/mol. The van der Waals surface area contributed by atoms with Crippen LogP contribution < -0.4 is 0 Å². The lowest BCUT2D eigenvalue weighted by atomic mass is 10.1. The number of rotatable bonds is 2. The summed E-state index contributed by atoms with van der Waals surface area (Å²) in [5.41, 5.74) is 0. The highest BCUT2D eigenvalue weighted by molar-refractivity contribution is 6.20. The molecule has 2 aliphatic rings. The fourth-order valence-corrected chi connectivity index (χ4v) is 2.18. The van der Waals surface area contributed by atoms with E-state index in [9.17, 15) is 0 Å². The van der Waals surface area contributed by atoms with Gasteiger partial charge in [-0.3, -0.25) is 0 Å². The van der Waals surface area contributed by atoms with Crippen LogP contribution >= 0.6 is 11.6 Å². The summed E-state index contributed by atoms with van der Waals surface area (Å²) in [4.78, 5) is 2.54. The second-order valence-corrected chi connectivity index (χ2v) is 4.56. The molecular formula is C9H16ClN. The van der Waals surface area contributed by atoms with Crippen molar-refractivity contribution in [3.63, 3.8) is 0 Å². The molecule has 11 heavy (non-hydrogen) atoms. The molecular weight excluding hydrogens is 158 g/mol. The van der Waals surface area contributed by atoms with Crippen molar-refractivity contribution in [1.29, 1.82) is 0 Å². The monoisotopic (exact) mass is 173 g/mol. The first-order chi connectivity index (χ1) is 5.34. The van der Waals surface area contributed by atoms with Crippen LogP contribution in [0.15, 0.2) is 0 Å². The van der Waals surface area contributed by atoms with Gasteiger partial charge in [-0.25, -0.2) is 0 Å². The molecule has 1 aliphatic heterocycles. The Labute approximate surface area is 73.7 Å². The molecule has 64 valence electrons. The Balaban J connectivity index is 1.73. The molecule has 1 atom stereocenters. The van der Waals surface area contributed by atoms with Crippen LogP contribution in [0.2, 0.25) is 0 Å². The van der Waals surface area contributed by atoms with E-state index in [-0.39, 0.29) is 0 Å². The van der Waals surface area contributed by atoms with Crippen molar-refractivity contribution in [3.05, 3.63) is 0 Å². The van der Waals surface area contributed by atoms with Gasteiger partial charge in [0.15, 0.2) is 0 Å². The molecule has 1 aliphatic carbocycles. The molecule has 1 nitrogen and oxygen atoms in total. The Hall–Kier alpha value is 0.250. The fraction of sp³-hybridized carbons (Fsp3) is 1.00. The van der Waals surface area contributed by atoms with Crippen molar-refractivity contribution in [1.82, 2.24) is 4.90 Å². The Morgan fingerprint density at radius 2 is 2.09 bits per heavy atom. The summed E-state index contributed by atoms with van der Waals surface area (Å²) >= 11 is 6.07. The Morgan fingerprint density at radius 1 is 1.27 bits per heavy atom. The smallest absolute Gasteiger partial charge is 0.0463 e. The lowest BCUT2D eigenvalue weighted by Gasteiger charge is -2.29. The maximum Gasteiger partial charge on any atom is 0.0463 e. The number of alkyl halides is 1. The Kier molecular flexibility index (Phi) is 2.38. The van der Waals surface area contributed by atoms with Gasteiger partial charge in [0.05, 0.1) is 0 Å². The minimum Gasteiger partial charge on any atom is -0.302 e. The molecule has 1 saturated carbocycles. The van der Waals surface area contributed by atoms with Crippen molar-refractivity contribution < 1.29 is 0 Å². The van der Waals surface area contributed by atoms with E-state index >= 15 is 0 Å². The third-order valence-corrected chi connectivity index (χ3v) is 3.02. The SMILES string of the molecule is ClC1CCCN(CC2CC2)C1. The number of halogens is 1. The first-order valence-electron chi connectivity index (χ1n) is 4.71. The van der Waals surface area contributed by atoms with Crippen LogP contribution in [0.5, 0.6) is 0 Å². The summed E-state index contributed by atoms with van der Waals surface area (Å²) in [7, 11) is 0. The highest BCUT2D eigenvalue weighted by atomic mass is 35.5. The topological polar surface area (TPSA) is 3.24 Å². The summed E-state index contributed by atoms with van der Waals surface area (Å²) in [5, 5.41) is 0.433. The van der Waals surface area contributed by atoms with Gasteiger partial charge < -0.3 is 4.90 Å². The zero-order valence-electron chi connectivity index (χ0n) is 6.93. The van der Waals surface area contributed by atoms with Gasteiger partial charge in [-0.05, 0) is 38.1 Å². The van der Waals surface area contributed by atoms with E-state index in [0.29, 0.717) is 5.38 Å². The lowest BCUT2D eigenvalue weighted by Crippen LogP contribution is -2.37. The molecule has 0 aromatic heterocycles. The molecule has 2 heteroatoms. The molecule has 2 fully saturated rings. The van der Waals surface area contributed by atoms with Crippen molar-refractivity contribution in [2.75, 3.05) is 19.6 Å². The summed E-state index contributed by atoms with van der Waals surface area (Å²) in [5.74, 6) is 1.02. The fourth-order valence-electron chi connectivity index (χ4n) is 1.83. The number of hydrogen-bond donors (Lipinski definition) is 0. The van der Waals surface area contributed by atoms with E-state index < -0.39 is 0 Å². The van der Waals surface area contributed by atoms with E-state index in [1.54, 1.807) is 0 Å². The predicted molar refractivity (Wildman–Crippen MR) is 48.0 cm³/mol. The second-order valence-electron chi connectivity index (χ2n) is 3.94. The third-order valence-electron chi connectivity index (χ3n) is 2.66. The minimum absolute atomic E-state index is 0.433. The van der Waals surface area contributed by atoms with Crippen LogP contribution in [-0.4, -0.2) is 29.9 Å². The Morgan fingerprint density at radius 3 is 2.73 bits per heavy atom. The summed E-state index contributed by atoms with van der Waals surface area (Å²) in [6.45, 7) is 3.75.